The Bertz CT molecular complexity index is 361. The molecule has 0 spiro atoms. The van der Waals surface area contributed by atoms with Crippen molar-refractivity contribution in [1.82, 2.24) is 4.98 Å². The summed E-state index contributed by atoms with van der Waals surface area (Å²) in [6.45, 7) is 2.62. The van der Waals surface area contributed by atoms with Gasteiger partial charge in [-0.15, -0.1) is 0 Å². The Hall–Kier alpha value is -0.310. The first-order valence-corrected chi connectivity index (χ1v) is 7.50. The quantitative estimate of drug-likeness (QED) is 0.594. The average Bonchev–Trinajstić information content (AvgIpc) is 2.19. The van der Waals surface area contributed by atoms with Crippen LogP contribution in [-0.4, -0.2) is 11.1 Å². The smallest absolute Gasteiger partial charge is 0.224 e. The minimum absolute atomic E-state index is 0.565. The van der Waals surface area contributed by atoms with Gasteiger partial charge in [0.1, 0.15) is 0 Å². The van der Waals surface area contributed by atoms with Crippen LogP contribution >= 0.6 is 19.2 Å². The number of hydrogen-bond donors (Lipinski definition) is 1. The van der Waals surface area contributed by atoms with Gasteiger partial charge in [0.2, 0.25) is 12.8 Å². The lowest BCUT2D eigenvalue weighted by Gasteiger charge is -2.33. The van der Waals surface area contributed by atoms with Crippen LogP contribution in [0.1, 0.15) is 18.1 Å². The van der Waals surface area contributed by atoms with Crippen molar-refractivity contribution < 1.29 is 9.05 Å². The maximum absolute atomic E-state index is 5.67. The largest absolute Gasteiger partial charge is 0.429 e. The van der Waals surface area contributed by atoms with E-state index in [4.69, 9.17) is 9.05 Å². The number of aryl methyl sites for hydroxylation is 1. The van der Waals surface area contributed by atoms with E-state index in [2.05, 4.69) is 17.2 Å². The molecule has 0 saturated carbocycles. The molecular formula is C9H13NO2PS. The van der Waals surface area contributed by atoms with Gasteiger partial charge >= 0.3 is 0 Å². The Kier molecular flexibility index (Phi) is 2.69. The van der Waals surface area contributed by atoms with Crippen molar-refractivity contribution in [3.05, 3.63) is 23.4 Å². The average molecular weight is 230 g/mol. The van der Waals surface area contributed by atoms with Crippen molar-refractivity contribution >= 4 is 19.2 Å². The molecule has 0 fully saturated rings. The molecule has 0 aromatic carbocycles. The molecule has 0 bridgehead atoms. The van der Waals surface area contributed by atoms with Crippen molar-refractivity contribution in [3.8, 4) is 5.88 Å². The summed E-state index contributed by atoms with van der Waals surface area (Å²) < 4.78 is 11.3. The number of rotatable bonds is 1. The van der Waals surface area contributed by atoms with Gasteiger partial charge in [0.25, 0.3) is 0 Å². The second-order valence-electron chi connectivity index (χ2n) is 3.30. The van der Waals surface area contributed by atoms with E-state index in [1.54, 1.807) is 6.20 Å². The molecule has 0 N–H and O–H groups in total. The predicted octanol–water partition coefficient (Wildman–Crippen LogP) is 3.01. The second-order valence-corrected chi connectivity index (χ2v) is 7.47. The van der Waals surface area contributed by atoms with Crippen molar-refractivity contribution in [3.63, 3.8) is 0 Å². The highest BCUT2D eigenvalue weighted by Gasteiger charge is 2.31. The third-order valence-electron chi connectivity index (χ3n) is 2.11. The first kappa shape index (κ1) is 10.2. The molecule has 1 unspecified atom stereocenters. The number of aromatic nitrogens is 1. The molecule has 0 amide bonds. The van der Waals surface area contributed by atoms with Crippen molar-refractivity contribution in [2.75, 3.05) is 6.16 Å². The summed E-state index contributed by atoms with van der Waals surface area (Å²) in [5, 5.41) is 0. The Morgan fingerprint density at radius 3 is 3.14 bits per heavy atom. The minimum Gasteiger partial charge on any atom is -0.429 e. The van der Waals surface area contributed by atoms with E-state index in [0.29, 0.717) is 12.5 Å². The van der Waals surface area contributed by atoms with Gasteiger partial charge in [-0.05, 0) is 18.6 Å². The maximum Gasteiger partial charge on any atom is 0.224 e. The normalized spacial score (nSPS) is 25.4. The van der Waals surface area contributed by atoms with Gasteiger partial charge in [-0.1, -0.05) is 19.2 Å². The summed E-state index contributed by atoms with van der Waals surface area (Å²) >= 11 is 4.43. The van der Waals surface area contributed by atoms with Crippen molar-refractivity contribution in [2.24, 2.45) is 0 Å². The van der Waals surface area contributed by atoms with Crippen LogP contribution in [0, 0.1) is 6.92 Å². The van der Waals surface area contributed by atoms with Crippen LogP contribution in [0.15, 0.2) is 12.3 Å². The molecule has 3 nitrogen and oxygen atoms in total. The van der Waals surface area contributed by atoms with Gasteiger partial charge < -0.3 is 9.05 Å². The van der Waals surface area contributed by atoms with E-state index in [1.165, 1.54) is 0 Å². The van der Waals surface area contributed by atoms with Crippen molar-refractivity contribution in [2.45, 2.75) is 20.5 Å². The molecule has 2 heterocycles. The molecule has 1 aliphatic rings. The second kappa shape index (κ2) is 3.69. The van der Waals surface area contributed by atoms with Gasteiger partial charge in [-0.25, -0.2) is 4.98 Å². The third kappa shape index (κ3) is 1.88. The number of nitrogens with zero attached hydrogens (tertiary/aromatic N) is 1. The van der Waals surface area contributed by atoms with E-state index in [9.17, 15) is 0 Å². The molecule has 77 valence electrons. The van der Waals surface area contributed by atoms with Gasteiger partial charge in [-0.2, -0.15) is 0 Å². The molecule has 1 aromatic heterocycles. The van der Waals surface area contributed by atoms with Crippen LogP contribution in [0.3, 0.4) is 0 Å². The Balaban J connectivity index is 2.31. The van der Waals surface area contributed by atoms with Crippen LogP contribution in [0.2, 0.25) is 0 Å². The number of pyridine rings is 1. The van der Waals surface area contributed by atoms with Gasteiger partial charge in [-0.3, -0.25) is 0 Å². The summed E-state index contributed by atoms with van der Waals surface area (Å²) in [7, 11) is 0. The minimum atomic E-state index is -1.96. The zero-order chi connectivity index (χ0) is 10.2. The first-order valence-electron chi connectivity index (χ1n) is 4.53. The highest BCUT2D eigenvalue weighted by molar-refractivity contribution is 8.49. The highest BCUT2D eigenvalue weighted by Crippen LogP contribution is 2.67. The fourth-order valence-corrected chi connectivity index (χ4v) is 2.84. The monoisotopic (exact) mass is 230 g/mol. The van der Waals surface area contributed by atoms with Crippen LogP contribution in [-0.2, 0) is 11.1 Å². The Morgan fingerprint density at radius 2 is 2.43 bits per heavy atom. The van der Waals surface area contributed by atoms with E-state index >= 15 is 0 Å². The molecule has 1 aromatic rings. The molecule has 0 aliphatic carbocycles. The third-order valence-corrected chi connectivity index (χ3v) is 5.34. The summed E-state index contributed by atoms with van der Waals surface area (Å²) in [5.74, 6) is 0.687. The topological polar surface area (TPSA) is 31.4 Å². The Labute approximate surface area is 89.5 Å². The summed E-state index contributed by atoms with van der Waals surface area (Å²) in [4.78, 5) is 4.24. The van der Waals surface area contributed by atoms with Gasteiger partial charge in [0.05, 0.1) is 6.61 Å². The number of thiol groups is 1. The highest BCUT2D eigenvalue weighted by atomic mass is 32.7. The van der Waals surface area contributed by atoms with E-state index in [1.807, 2.05) is 19.9 Å². The standard InChI is InChI=1S/C9H13NO2PS/c1-3-13(14)11-6-8-4-7(2)5-10-9(8)12-13/h4-5,14H,3,6H2,1-2H3. The fraction of sp³-hybridized carbons (Fsp3) is 0.444. The fourth-order valence-electron chi connectivity index (χ4n) is 1.29. The molecule has 1 atom stereocenters. The number of fused-ring (bicyclic) bond motifs is 1. The van der Waals surface area contributed by atoms with Crippen molar-refractivity contribution in [1.29, 1.82) is 0 Å². The molecule has 5 heteroatoms. The SMILES string of the molecule is CC[P]1(S)OCc2cc(C)cnc2O1. The lowest BCUT2D eigenvalue weighted by atomic mass is 10.2. The van der Waals surface area contributed by atoms with E-state index in [0.717, 1.165) is 17.3 Å². The van der Waals surface area contributed by atoms with Gasteiger partial charge in [0, 0.05) is 17.9 Å². The molecular weight excluding hydrogens is 217 g/mol. The predicted molar refractivity (Wildman–Crippen MR) is 60.8 cm³/mol. The lowest BCUT2D eigenvalue weighted by Crippen LogP contribution is -2.12. The lowest BCUT2D eigenvalue weighted by molar-refractivity contribution is 0.268. The molecule has 1 radical (unpaired) electrons. The molecule has 1 aliphatic heterocycles. The molecule has 0 saturated heterocycles. The summed E-state index contributed by atoms with van der Waals surface area (Å²) in [5.41, 5.74) is 2.14. The maximum atomic E-state index is 5.67. The zero-order valence-corrected chi connectivity index (χ0v) is 10.0. The number of hydrogen-bond acceptors (Lipinski definition) is 4. The van der Waals surface area contributed by atoms with Gasteiger partial charge in [0.15, 0.2) is 0 Å². The van der Waals surface area contributed by atoms with E-state index < -0.39 is 6.92 Å². The zero-order valence-electron chi connectivity index (χ0n) is 8.23. The first-order chi connectivity index (χ1) is 6.63. The van der Waals surface area contributed by atoms with Crippen LogP contribution in [0.4, 0.5) is 0 Å². The summed E-state index contributed by atoms with van der Waals surface area (Å²) in [6.07, 6.45) is 2.60. The van der Waals surface area contributed by atoms with Crippen LogP contribution in [0.25, 0.3) is 0 Å². The summed E-state index contributed by atoms with van der Waals surface area (Å²) in [6, 6.07) is 2.04. The van der Waals surface area contributed by atoms with Crippen LogP contribution < -0.4 is 4.52 Å². The van der Waals surface area contributed by atoms with Crippen LogP contribution in [0.5, 0.6) is 5.88 Å². The molecule has 14 heavy (non-hydrogen) atoms. The molecule has 2 rings (SSSR count). The van der Waals surface area contributed by atoms with E-state index in [-0.39, 0.29) is 0 Å². The Morgan fingerprint density at radius 1 is 1.64 bits per heavy atom.